The Kier molecular flexibility index (Phi) is 6.49. The molecule has 3 heteroatoms. The molecule has 0 aromatic heterocycles. The molecule has 0 spiro atoms. The molecule has 1 heterocycles. The molecule has 1 saturated heterocycles. The van der Waals surface area contributed by atoms with Gasteiger partial charge in [-0.1, -0.05) is 20.8 Å². The van der Waals surface area contributed by atoms with Crippen molar-refractivity contribution in [3.05, 3.63) is 0 Å². The minimum absolute atomic E-state index is 0.100. The maximum atomic E-state index is 9.88. The summed E-state index contributed by atoms with van der Waals surface area (Å²) in [6.45, 7) is 17.8. The molecule has 2 N–H and O–H groups in total. The van der Waals surface area contributed by atoms with Gasteiger partial charge in [-0.15, -0.1) is 0 Å². The molecule has 0 radical (unpaired) electrons. The van der Waals surface area contributed by atoms with Crippen LogP contribution in [0.4, 0.5) is 0 Å². The zero-order valence-electron chi connectivity index (χ0n) is 14.5. The highest BCUT2D eigenvalue weighted by Gasteiger charge is 2.33. The van der Waals surface area contributed by atoms with Gasteiger partial charge < -0.3 is 15.3 Å². The van der Waals surface area contributed by atoms with Gasteiger partial charge in [0, 0.05) is 31.7 Å². The molecule has 2 atom stereocenters. The smallest absolute Gasteiger partial charge is 0.0590 e. The minimum Gasteiger partial charge on any atom is -0.393 e. The van der Waals surface area contributed by atoms with Crippen molar-refractivity contribution in [2.24, 2.45) is 11.3 Å². The Labute approximate surface area is 126 Å². The molecule has 0 saturated carbocycles. The van der Waals surface area contributed by atoms with E-state index in [0.717, 1.165) is 32.6 Å². The Bertz CT molecular complexity index is 281. The Morgan fingerprint density at radius 2 is 1.80 bits per heavy atom. The van der Waals surface area contributed by atoms with Gasteiger partial charge in [-0.3, -0.25) is 0 Å². The van der Waals surface area contributed by atoms with E-state index in [4.69, 9.17) is 0 Å². The third-order valence-electron chi connectivity index (χ3n) is 5.00. The second kappa shape index (κ2) is 7.24. The minimum atomic E-state index is -0.100. The summed E-state index contributed by atoms with van der Waals surface area (Å²) in [4.78, 5) is 2.56. The van der Waals surface area contributed by atoms with Gasteiger partial charge in [-0.25, -0.2) is 0 Å². The van der Waals surface area contributed by atoms with E-state index in [0.29, 0.717) is 11.3 Å². The van der Waals surface area contributed by atoms with E-state index in [-0.39, 0.29) is 11.6 Å². The number of rotatable bonds is 6. The highest BCUT2D eigenvalue weighted by atomic mass is 16.3. The third-order valence-corrected chi connectivity index (χ3v) is 5.00. The molecule has 0 amide bonds. The first-order valence-electron chi connectivity index (χ1n) is 8.37. The molecule has 1 rings (SSSR count). The molecule has 20 heavy (non-hydrogen) atoms. The van der Waals surface area contributed by atoms with E-state index in [2.05, 4.69) is 51.8 Å². The Morgan fingerprint density at radius 1 is 1.20 bits per heavy atom. The third kappa shape index (κ3) is 5.34. The maximum Gasteiger partial charge on any atom is 0.0590 e. The zero-order chi connectivity index (χ0) is 15.4. The second-order valence-corrected chi connectivity index (χ2v) is 7.88. The summed E-state index contributed by atoms with van der Waals surface area (Å²) >= 11 is 0. The SMILES string of the molecule is CCC(CC)(CNC(C)(C)C)CN1CCC(O)C(C)C1. The van der Waals surface area contributed by atoms with Crippen molar-refractivity contribution in [1.29, 1.82) is 0 Å². The predicted octanol–water partition coefficient (Wildman–Crippen LogP) is 2.88. The molecular weight excluding hydrogens is 248 g/mol. The quantitative estimate of drug-likeness (QED) is 0.787. The summed E-state index contributed by atoms with van der Waals surface area (Å²) in [5.74, 6) is 0.408. The largest absolute Gasteiger partial charge is 0.393 e. The number of aliphatic hydroxyl groups is 1. The van der Waals surface area contributed by atoms with E-state index in [9.17, 15) is 5.11 Å². The lowest BCUT2D eigenvalue weighted by atomic mass is 9.80. The average Bonchev–Trinajstić information content (AvgIpc) is 2.38. The fraction of sp³-hybridized carbons (Fsp3) is 1.00. The fourth-order valence-electron chi connectivity index (χ4n) is 3.07. The van der Waals surface area contributed by atoms with Crippen LogP contribution in [0.5, 0.6) is 0 Å². The number of likely N-dealkylation sites (tertiary alicyclic amines) is 1. The molecule has 0 aromatic rings. The summed E-state index contributed by atoms with van der Waals surface area (Å²) < 4.78 is 0. The number of piperidine rings is 1. The molecule has 1 fully saturated rings. The lowest BCUT2D eigenvalue weighted by Crippen LogP contribution is -2.51. The normalized spacial score (nSPS) is 25.9. The fourth-order valence-corrected chi connectivity index (χ4v) is 3.07. The number of nitrogens with zero attached hydrogens (tertiary/aromatic N) is 1. The summed E-state index contributed by atoms with van der Waals surface area (Å²) in [5, 5.41) is 13.6. The van der Waals surface area contributed by atoms with E-state index in [1.165, 1.54) is 12.8 Å². The number of nitrogens with one attached hydrogen (secondary N) is 1. The average molecular weight is 284 g/mol. The summed E-state index contributed by atoms with van der Waals surface area (Å²) in [7, 11) is 0. The van der Waals surface area contributed by atoms with Crippen LogP contribution < -0.4 is 5.32 Å². The van der Waals surface area contributed by atoms with Crippen LogP contribution in [0, 0.1) is 11.3 Å². The molecule has 0 aliphatic carbocycles. The highest BCUT2D eigenvalue weighted by Crippen LogP contribution is 2.29. The van der Waals surface area contributed by atoms with Crippen LogP contribution in [0.3, 0.4) is 0 Å². The van der Waals surface area contributed by atoms with Crippen molar-refractivity contribution in [2.75, 3.05) is 26.2 Å². The molecule has 0 aromatic carbocycles. The predicted molar refractivity (Wildman–Crippen MR) is 87.0 cm³/mol. The van der Waals surface area contributed by atoms with Gasteiger partial charge in [0.05, 0.1) is 6.10 Å². The molecule has 2 unspecified atom stereocenters. The van der Waals surface area contributed by atoms with Gasteiger partial charge >= 0.3 is 0 Å². The van der Waals surface area contributed by atoms with Gasteiger partial charge in [-0.2, -0.15) is 0 Å². The lowest BCUT2D eigenvalue weighted by Gasteiger charge is -2.43. The highest BCUT2D eigenvalue weighted by molar-refractivity contribution is 4.88. The van der Waals surface area contributed by atoms with Gasteiger partial charge in [-0.05, 0) is 51.4 Å². The van der Waals surface area contributed by atoms with Crippen molar-refractivity contribution in [1.82, 2.24) is 10.2 Å². The van der Waals surface area contributed by atoms with Crippen LogP contribution in [0.25, 0.3) is 0 Å². The summed E-state index contributed by atoms with van der Waals surface area (Å²) in [6, 6.07) is 0. The topological polar surface area (TPSA) is 35.5 Å². The van der Waals surface area contributed by atoms with Gasteiger partial charge in [0.1, 0.15) is 0 Å². The summed E-state index contributed by atoms with van der Waals surface area (Å²) in [6.07, 6.45) is 3.24. The van der Waals surface area contributed by atoms with E-state index in [1.807, 2.05) is 0 Å². The van der Waals surface area contributed by atoms with Crippen LogP contribution >= 0.6 is 0 Å². The van der Waals surface area contributed by atoms with Crippen molar-refractivity contribution >= 4 is 0 Å². The van der Waals surface area contributed by atoms with Crippen molar-refractivity contribution in [3.8, 4) is 0 Å². The first-order chi connectivity index (χ1) is 9.21. The number of hydrogen-bond acceptors (Lipinski definition) is 3. The van der Waals surface area contributed by atoms with E-state index in [1.54, 1.807) is 0 Å². The van der Waals surface area contributed by atoms with Crippen LogP contribution in [0.1, 0.15) is 60.8 Å². The van der Waals surface area contributed by atoms with Gasteiger partial charge in [0.15, 0.2) is 0 Å². The molecule has 0 bridgehead atoms. The maximum absolute atomic E-state index is 9.88. The van der Waals surface area contributed by atoms with Crippen LogP contribution in [0.2, 0.25) is 0 Å². The molecule has 120 valence electrons. The van der Waals surface area contributed by atoms with E-state index >= 15 is 0 Å². The van der Waals surface area contributed by atoms with Gasteiger partial charge in [0.25, 0.3) is 0 Å². The Morgan fingerprint density at radius 3 is 2.25 bits per heavy atom. The second-order valence-electron chi connectivity index (χ2n) is 7.88. The standard InChI is InChI=1S/C17H36N2O/c1-7-17(8-2,12-18-16(4,5)6)13-19-10-9-15(20)14(3)11-19/h14-15,18,20H,7-13H2,1-6H3. The monoisotopic (exact) mass is 284 g/mol. The Hall–Kier alpha value is -0.120. The number of hydrogen-bond donors (Lipinski definition) is 2. The Balaban J connectivity index is 2.61. The van der Waals surface area contributed by atoms with Crippen LogP contribution in [-0.2, 0) is 0 Å². The van der Waals surface area contributed by atoms with Crippen LogP contribution in [-0.4, -0.2) is 47.8 Å². The molecular formula is C17H36N2O. The first kappa shape index (κ1) is 17.9. The van der Waals surface area contributed by atoms with Crippen molar-refractivity contribution in [2.45, 2.75) is 72.4 Å². The molecule has 3 nitrogen and oxygen atoms in total. The van der Waals surface area contributed by atoms with Gasteiger partial charge in [0.2, 0.25) is 0 Å². The van der Waals surface area contributed by atoms with Crippen molar-refractivity contribution < 1.29 is 5.11 Å². The van der Waals surface area contributed by atoms with E-state index < -0.39 is 0 Å². The van der Waals surface area contributed by atoms with Crippen LogP contribution in [0.15, 0.2) is 0 Å². The number of aliphatic hydroxyl groups excluding tert-OH is 1. The molecule has 1 aliphatic heterocycles. The molecule has 1 aliphatic rings. The lowest BCUT2D eigenvalue weighted by molar-refractivity contribution is 0.0133. The summed E-state index contributed by atoms with van der Waals surface area (Å²) in [5.41, 5.74) is 0.538. The van der Waals surface area contributed by atoms with Crippen molar-refractivity contribution in [3.63, 3.8) is 0 Å². The zero-order valence-corrected chi connectivity index (χ0v) is 14.5. The first-order valence-corrected chi connectivity index (χ1v) is 8.37.